The van der Waals surface area contributed by atoms with Gasteiger partial charge in [0.25, 0.3) is 0 Å². The molecular formula is C23H26N4O6S. The van der Waals surface area contributed by atoms with Crippen LogP contribution in [0.1, 0.15) is 16.7 Å². The Hall–Kier alpha value is -4.12. The summed E-state index contributed by atoms with van der Waals surface area (Å²) < 4.78 is 11.9. The van der Waals surface area contributed by atoms with Crippen LogP contribution in [0.4, 0.5) is 5.13 Å². The quantitative estimate of drug-likeness (QED) is 0.223. The number of aryl methyl sites for hydroxylation is 2. The Morgan fingerprint density at radius 3 is 2.18 bits per heavy atom. The van der Waals surface area contributed by atoms with E-state index in [0.29, 0.717) is 36.2 Å². The van der Waals surface area contributed by atoms with Crippen molar-refractivity contribution >= 4 is 44.6 Å². The number of fused-ring (bicyclic) bond motifs is 1. The maximum absolute atomic E-state index is 9.55. The second-order valence-corrected chi connectivity index (χ2v) is 7.93. The average molecular weight is 487 g/mol. The first-order chi connectivity index (χ1) is 16.1. The van der Waals surface area contributed by atoms with E-state index in [9.17, 15) is 9.59 Å². The van der Waals surface area contributed by atoms with Crippen LogP contribution in [0.2, 0.25) is 0 Å². The number of thiazole rings is 1. The number of aliphatic imine (C=N–C) groups is 1. The highest BCUT2D eigenvalue weighted by molar-refractivity contribution is 7.22. The molecule has 10 nitrogen and oxygen atoms in total. The smallest absolute Gasteiger partial charge is 0.328 e. The van der Waals surface area contributed by atoms with Gasteiger partial charge in [0, 0.05) is 12.2 Å². The minimum absolute atomic E-state index is 0.297. The first kappa shape index (κ1) is 26.1. The molecule has 0 saturated carbocycles. The summed E-state index contributed by atoms with van der Waals surface area (Å²) in [5, 5.41) is 19.4. The summed E-state index contributed by atoms with van der Waals surface area (Å²) in [6.45, 7) is 4.52. The Kier molecular flexibility index (Phi) is 9.38. The minimum atomic E-state index is -1.26. The maximum atomic E-state index is 9.55. The van der Waals surface area contributed by atoms with Gasteiger partial charge in [-0.25, -0.2) is 19.6 Å². The number of nitrogens with two attached hydrogens (primary N) is 1. The summed E-state index contributed by atoms with van der Waals surface area (Å²) in [6.07, 6.45) is 1.12. The van der Waals surface area contributed by atoms with Crippen LogP contribution in [-0.4, -0.2) is 47.3 Å². The minimum Gasteiger partial charge on any atom is -0.496 e. The van der Waals surface area contributed by atoms with E-state index in [-0.39, 0.29) is 0 Å². The molecule has 0 radical (unpaired) electrons. The zero-order valence-electron chi connectivity index (χ0n) is 19.2. The number of ether oxygens (including phenoxy) is 2. The Balaban J connectivity index is 0.000000440. The standard InChI is InChI=1S/C19H22N4O2S.C4H4O4/c1-11-8-14-17(9-12(11)2)26-19(22-14)23-18(20)21-10-13-15(24-3)6-5-7-16(13)25-4;5-3(6)1-2-4(7)8/h5-9H,10H2,1-4H3,(H3,20,21,22,23);1-2H,(H,5,6)(H,7,8)/b;2-1+. The third kappa shape index (κ3) is 7.48. The predicted octanol–water partition coefficient (Wildman–Crippen LogP) is 3.57. The van der Waals surface area contributed by atoms with Crippen molar-refractivity contribution in [3.05, 3.63) is 59.2 Å². The van der Waals surface area contributed by atoms with E-state index in [4.69, 9.17) is 25.4 Å². The van der Waals surface area contributed by atoms with Gasteiger partial charge in [-0.2, -0.15) is 0 Å². The van der Waals surface area contributed by atoms with Crippen molar-refractivity contribution in [2.45, 2.75) is 20.4 Å². The molecule has 0 aliphatic heterocycles. The molecule has 5 N–H and O–H groups in total. The van der Waals surface area contributed by atoms with Gasteiger partial charge >= 0.3 is 11.9 Å². The van der Waals surface area contributed by atoms with E-state index in [1.54, 1.807) is 25.6 Å². The number of anilines is 1. The molecule has 0 aliphatic rings. The molecule has 0 atom stereocenters. The lowest BCUT2D eigenvalue weighted by atomic mass is 10.1. The highest BCUT2D eigenvalue weighted by Crippen LogP contribution is 2.30. The topological polar surface area (TPSA) is 156 Å². The molecule has 0 unspecified atom stereocenters. The van der Waals surface area contributed by atoms with Crippen molar-refractivity contribution in [3.63, 3.8) is 0 Å². The Morgan fingerprint density at radius 1 is 1.09 bits per heavy atom. The van der Waals surface area contributed by atoms with Gasteiger partial charge in [-0.05, 0) is 49.2 Å². The molecule has 34 heavy (non-hydrogen) atoms. The SMILES string of the molecule is COc1cccc(OC)c1CN=C(N)Nc1nc2cc(C)c(C)cc2s1.O=C(O)/C=C/C(=O)O. The highest BCUT2D eigenvalue weighted by atomic mass is 32.1. The Labute approximate surface area is 200 Å². The van der Waals surface area contributed by atoms with E-state index >= 15 is 0 Å². The molecular weight excluding hydrogens is 460 g/mol. The number of nitrogens with zero attached hydrogens (tertiary/aromatic N) is 2. The van der Waals surface area contributed by atoms with E-state index in [0.717, 1.165) is 20.9 Å². The van der Waals surface area contributed by atoms with Crippen LogP contribution < -0.4 is 20.5 Å². The van der Waals surface area contributed by atoms with Crippen molar-refractivity contribution in [1.82, 2.24) is 4.98 Å². The Bertz CT molecular complexity index is 1160. The number of aliphatic carboxylic acids is 2. The summed E-state index contributed by atoms with van der Waals surface area (Å²) in [5.41, 5.74) is 10.3. The molecule has 0 bridgehead atoms. The summed E-state index contributed by atoms with van der Waals surface area (Å²) in [5.74, 6) is -0.788. The van der Waals surface area contributed by atoms with Crippen molar-refractivity contribution in [2.75, 3.05) is 19.5 Å². The lowest BCUT2D eigenvalue weighted by molar-refractivity contribution is -0.134. The predicted molar refractivity (Wildman–Crippen MR) is 132 cm³/mol. The van der Waals surface area contributed by atoms with Crippen molar-refractivity contribution in [1.29, 1.82) is 0 Å². The fraction of sp³-hybridized carbons (Fsp3) is 0.217. The summed E-state index contributed by atoms with van der Waals surface area (Å²) >= 11 is 1.55. The molecule has 0 aliphatic carbocycles. The van der Waals surface area contributed by atoms with E-state index in [1.165, 1.54) is 11.1 Å². The molecule has 180 valence electrons. The van der Waals surface area contributed by atoms with Crippen LogP contribution in [0.25, 0.3) is 10.2 Å². The molecule has 1 heterocycles. The van der Waals surface area contributed by atoms with Gasteiger partial charge in [0.2, 0.25) is 0 Å². The third-order valence-corrected chi connectivity index (χ3v) is 5.48. The summed E-state index contributed by atoms with van der Waals surface area (Å²) in [4.78, 5) is 28.1. The number of methoxy groups -OCH3 is 2. The summed E-state index contributed by atoms with van der Waals surface area (Å²) in [7, 11) is 3.24. The van der Waals surface area contributed by atoms with Gasteiger partial charge in [-0.1, -0.05) is 17.4 Å². The van der Waals surface area contributed by atoms with Crippen LogP contribution in [0.15, 0.2) is 47.5 Å². The number of nitrogens with one attached hydrogen (secondary N) is 1. The second kappa shape index (κ2) is 12.2. The van der Waals surface area contributed by atoms with Crippen LogP contribution in [0, 0.1) is 13.8 Å². The van der Waals surface area contributed by atoms with Gasteiger partial charge in [0.15, 0.2) is 11.1 Å². The largest absolute Gasteiger partial charge is 0.496 e. The zero-order chi connectivity index (χ0) is 25.3. The van der Waals surface area contributed by atoms with Gasteiger partial charge < -0.3 is 30.7 Å². The number of carboxylic acids is 2. The average Bonchev–Trinajstić information content (AvgIpc) is 3.17. The molecule has 3 rings (SSSR count). The highest BCUT2D eigenvalue weighted by Gasteiger charge is 2.10. The second-order valence-electron chi connectivity index (χ2n) is 6.90. The van der Waals surface area contributed by atoms with Crippen LogP contribution in [0.3, 0.4) is 0 Å². The normalized spacial score (nSPS) is 11.1. The fourth-order valence-corrected chi connectivity index (χ4v) is 3.73. The zero-order valence-corrected chi connectivity index (χ0v) is 20.0. The lowest BCUT2D eigenvalue weighted by Gasteiger charge is -2.11. The molecule has 0 spiro atoms. The fourth-order valence-electron chi connectivity index (χ4n) is 2.77. The number of hydrogen-bond donors (Lipinski definition) is 4. The molecule has 3 aromatic rings. The van der Waals surface area contributed by atoms with Crippen molar-refractivity contribution in [2.24, 2.45) is 10.7 Å². The van der Waals surface area contributed by atoms with Crippen LogP contribution >= 0.6 is 11.3 Å². The van der Waals surface area contributed by atoms with E-state index in [1.807, 2.05) is 18.2 Å². The number of hydrogen-bond acceptors (Lipinski definition) is 7. The molecule has 0 saturated heterocycles. The molecule has 11 heteroatoms. The van der Waals surface area contributed by atoms with Gasteiger partial charge in [-0.3, -0.25) is 0 Å². The number of guanidine groups is 1. The molecule has 2 aromatic carbocycles. The van der Waals surface area contributed by atoms with Crippen molar-refractivity contribution in [3.8, 4) is 11.5 Å². The third-order valence-electron chi connectivity index (χ3n) is 4.54. The van der Waals surface area contributed by atoms with Gasteiger partial charge in [0.1, 0.15) is 11.5 Å². The summed E-state index contributed by atoms with van der Waals surface area (Å²) in [6, 6.07) is 9.84. The van der Waals surface area contributed by atoms with Crippen molar-refractivity contribution < 1.29 is 29.3 Å². The number of carbonyl (C=O) groups is 2. The maximum Gasteiger partial charge on any atom is 0.328 e. The number of rotatable bonds is 7. The number of carboxylic acid groups (broad SMARTS) is 2. The number of benzene rings is 2. The van der Waals surface area contributed by atoms with E-state index in [2.05, 4.69) is 41.3 Å². The molecule has 0 fully saturated rings. The number of aromatic nitrogens is 1. The molecule has 0 amide bonds. The molecule has 1 aromatic heterocycles. The van der Waals surface area contributed by atoms with Crippen LogP contribution in [0.5, 0.6) is 11.5 Å². The van der Waals surface area contributed by atoms with Crippen LogP contribution in [-0.2, 0) is 16.1 Å². The van der Waals surface area contributed by atoms with E-state index < -0.39 is 11.9 Å². The lowest BCUT2D eigenvalue weighted by Crippen LogP contribution is -2.22. The van der Waals surface area contributed by atoms with Gasteiger partial charge in [-0.15, -0.1) is 0 Å². The first-order valence-corrected chi connectivity index (χ1v) is 10.7. The Morgan fingerprint density at radius 2 is 1.65 bits per heavy atom. The first-order valence-electron chi connectivity index (χ1n) is 9.93. The monoisotopic (exact) mass is 486 g/mol. The van der Waals surface area contributed by atoms with Gasteiger partial charge in [0.05, 0.1) is 36.5 Å².